The van der Waals surface area contributed by atoms with Crippen LogP contribution in [0.5, 0.6) is 11.5 Å². The molecular formula is C55H57NO11. The van der Waals surface area contributed by atoms with E-state index in [0.717, 1.165) is 101 Å². The molecule has 1 saturated heterocycles. The minimum atomic E-state index is -1.63. The Morgan fingerprint density at radius 2 is 1.03 bits per heavy atom. The average molecular weight is 908 g/mol. The number of hydrogen-bond acceptors (Lipinski definition) is 11. The van der Waals surface area contributed by atoms with E-state index in [0.29, 0.717) is 43.5 Å². The molecule has 2 amide bonds. The van der Waals surface area contributed by atoms with Gasteiger partial charge in [-0.2, -0.15) is 0 Å². The molecule has 0 radical (unpaired) electrons. The summed E-state index contributed by atoms with van der Waals surface area (Å²) < 4.78 is 27.9. The van der Waals surface area contributed by atoms with Crippen molar-refractivity contribution in [3.63, 3.8) is 0 Å². The first kappa shape index (κ1) is 49.1. The molecule has 0 aromatic heterocycles. The van der Waals surface area contributed by atoms with E-state index in [1.54, 1.807) is 36.4 Å². The van der Waals surface area contributed by atoms with Gasteiger partial charge in [0.15, 0.2) is 11.9 Å². The van der Waals surface area contributed by atoms with Crippen LogP contribution in [0.4, 0.5) is 0 Å². The number of amides is 2. The number of carbonyl (C=O) groups is 6. The van der Waals surface area contributed by atoms with E-state index in [1.807, 2.05) is 68.4 Å². The molecule has 5 aromatic carbocycles. The van der Waals surface area contributed by atoms with Crippen LogP contribution in [0, 0.1) is 19.8 Å². The van der Waals surface area contributed by atoms with Crippen LogP contribution in [0.3, 0.4) is 0 Å². The van der Waals surface area contributed by atoms with Crippen molar-refractivity contribution in [3.8, 4) is 11.5 Å². The van der Waals surface area contributed by atoms with E-state index >= 15 is 0 Å². The molecule has 0 N–H and O–H groups in total. The van der Waals surface area contributed by atoms with Crippen molar-refractivity contribution in [2.75, 3.05) is 26.4 Å². The van der Waals surface area contributed by atoms with E-state index in [4.69, 9.17) is 23.7 Å². The molecule has 0 spiro atoms. The summed E-state index contributed by atoms with van der Waals surface area (Å²) in [6, 6.07) is 26.9. The molecule has 12 heteroatoms. The van der Waals surface area contributed by atoms with Crippen molar-refractivity contribution < 1.29 is 52.5 Å². The summed E-state index contributed by atoms with van der Waals surface area (Å²) in [4.78, 5) is 80.0. The zero-order chi connectivity index (χ0) is 47.9. The van der Waals surface area contributed by atoms with E-state index in [1.165, 1.54) is 0 Å². The third-order valence-corrected chi connectivity index (χ3v) is 11.4. The van der Waals surface area contributed by atoms with Crippen molar-refractivity contribution in [1.29, 1.82) is 0 Å². The van der Waals surface area contributed by atoms with Crippen LogP contribution in [0.2, 0.25) is 0 Å². The van der Waals surface area contributed by atoms with E-state index in [-0.39, 0.29) is 23.2 Å². The molecule has 2 atom stereocenters. The van der Waals surface area contributed by atoms with Gasteiger partial charge in [0.2, 0.25) is 5.91 Å². The summed E-state index contributed by atoms with van der Waals surface area (Å²) >= 11 is 0. The van der Waals surface area contributed by atoms with Gasteiger partial charge in [-0.25, -0.2) is 14.4 Å². The highest BCUT2D eigenvalue weighted by atomic mass is 16.6. The second-order valence-electron chi connectivity index (χ2n) is 16.6. The number of ether oxygens (including phenoxy) is 5. The number of unbranched alkanes of at least 4 members (excludes halogenated alkanes) is 6. The summed E-state index contributed by atoms with van der Waals surface area (Å²) in [7, 11) is 0. The summed E-state index contributed by atoms with van der Waals surface area (Å²) in [5, 5.41) is 3.12. The summed E-state index contributed by atoms with van der Waals surface area (Å²) in [6.45, 7) is 16.3. The topological polar surface area (TPSA) is 152 Å². The Balaban J connectivity index is 1.11. The number of likely N-dealkylation sites (tertiary alicyclic amines) is 1. The van der Waals surface area contributed by atoms with Crippen LogP contribution in [-0.2, 0) is 39.9 Å². The number of aryl methyl sites for hydroxylation is 2. The van der Waals surface area contributed by atoms with E-state index < -0.39 is 47.5 Å². The number of nitrogens with zero attached hydrogens (tertiary/aromatic N) is 1. The van der Waals surface area contributed by atoms with Gasteiger partial charge in [-0.1, -0.05) is 79.4 Å². The first-order chi connectivity index (χ1) is 32.3. The third kappa shape index (κ3) is 13.4. The smallest absolute Gasteiger partial charge is 0.338 e. The molecule has 1 aliphatic rings. The Morgan fingerprint density at radius 3 is 1.55 bits per heavy atom. The Labute approximate surface area is 391 Å². The molecule has 348 valence electrons. The van der Waals surface area contributed by atoms with Gasteiger partial charge < -0.3 is 23.7 Å². The van der Waals surface area contributed by atoms with Crippen molar-refractivity contribution in [1.82, 2.24) is 4.90 Å². The lowest BCUT2D eigenvalue weighted by atomic mass is 9.89. The summed E-state index contributed by atoms with van der Waals surface area (Å²) in [5.74, 6) is -3.78. The summed E-state index contributed by atoms with van der Waals surface area (Å²) in [5.41, 5.74) is 2.86. The largest absolute Gasteiger partial charge is 0.494 e. The maximum atomic E-state index is 14.3. The Bertz CT molecular complexity index is 2660. The molecule has 67 heavy (non-hydrogen) atoms. The number of hydrogen-bond donors (Lipinski definition) is 0. The van der Waals surface area contributed by atoms with E-state index in [9.17, 15) is 28.8 Å². The number of imide groups is 1. The van der Waals surface area contributed by atoms with Crippen LogP contribution in [0.15, 0.2) is 128 Å². The molecule has 0 bridgehead atoms. The number of benzene rings is 5. The van der Waals surface area contributed by atoms with Crippen LogP contribution in [0.1, 0.15) is 88.8 Å². The van der Waals surface area contributed by atoms with Crippen LogP contribution >= 0.6 is 0 Å². The van der Waals surface area contributed by atoms with Crippen LogP contribution in [-0.4, -0.2) is 72.9 Å². The van der Waals surface area contributed by atoms with Crippen molar-refractivity contribution in [2.24, 2.45) is 5.92 Å². The maximum Gasteiger partial charge on any atom is 0.338 e. The van der Waals surface area contributed by atoms with Crippen molar-refractivity contribution >= 4 is 57.1 Å². The fourth-order valence-corrected chi connectivity index (χ4v) is 8.02. The standard InChI is InChI=1S/C55H57NO11/c1-6-48(57)65-26-14-10-8-12-24-63-46-22-20-40-31-44(18-16-42(40)33-46)51(59)38(5)50-52(54(61)56(53(50)60)35-39-29-36(3)28-37(4)30-39)67-55(62)45-19-17-43-34-47(23-21-41(43)32-45)64-25-13-9-11-15-27-66-49(58)7-2/h6-7,16-23,28-34,50,52H,1-2,5,8-15,24-27,35H2,3-4H3/t50-,52-/m1/s1. The molecule has 1 heterocycles. The van der Waals surface area contributed by atoms with E-state index in [2.05, 4.69) is 19.7 Å². The second kappa shape index (κ2) is 23.7. The molecule has 1 aliphatic heterocycles. The molecule has 0 unspecified atom stereocenters. The number of fused-ring (bicyclic) bond motifs is 2. The number of ketones is 1. The Kier molecular flexibility index (Phi) is 17.4. The van der Waals surface area contributed by atoms with Crippen molar-refractivity contribution in [2.45, 2.75) is 77.9 Å². The van der Waals surface area contributed by atoms with Crippen LogP contribution < -0.4 is 9.47 Å². The van der Waals surface area contributed by atoms with Gasteiger partial charge >= 0.3 is 17.9 Å². The normalized spacial score (nSPS) is 14.4. The maximum absolute atomic E-state index is 14.3. The molecule has 0 aliphatic carbocycles. The highest BCUT2D eigenvalue weighted by Crippen LogP contribution is 2.34. The quantitative estimate of drug-likeness (QED) is 0.0137. The zero-order valence-electron chi connectivity index (χ0n) is 38.2. The van der Waals surface area contributed by atoms with Crippen LogP contribution in [0.25, 0.3) is 21.5 Å². The molecule has 0 saturated carbocycles. The molecule has 6 rings (SSSR count). The number of rotatable bonds is 25. The highest BCUT2D eigenvalue weighted by molar-refractivity contribution is 6.18. The number of Topliss-reactive ketones (excluding diaryl/α,β-unsaturated/α-hetero) is 1. The number of carbonyl (C=O) groups excluding carboxylic acids is 6. The fraction of sp³-hybridized carbons (Fsp3) is 0.309. The third-order valence-electron chi connectivity index (χ3n) is 11.4. The predicted molar refractivity (Wildman–Crippen MR) is 256 cm³/mol. The molecular weight excluding hydrogens is 851 g/mol. The van der Waals surface area contributed by atoms with Gasteiger partial charge in [0.05, 0.1) is 38.5 Å². The Morgan fingerprint density at radius 1 is 0.567 bits per heavy atom. The predicted octanol–water partition coefficient (Wildman–Crippen LogP) is 10.1. The number of esters is 3. The lowest BCUT2D eigenvalue weighted by Crippen LogP contribution is -2.34. The minimum Gasteiger partial charge on any atom is -0.494 e. The summed E-state index contributed by atoms with van der Waals surface area (Å²) in [6.07, 6.45) is 7.46. The lowest BCUT2D eigenvalue weighted by molar-refractivity contribution is -0.142. The van der Waals surface area contributed by atoms with Gasteiger partial charge in [0.25, 0.3) is 5.91 Å². The molecule has 5 aromatic rings. The van der Waals surface area contributed by atoms with Gasteiger partial charge in [-0.3, -0.25) is 19.3 Å². The van der Waals surface area contributed by atoms with Gasteiger partial charge in [-0.05, 0) is 135 Å². The van der Waals surface area contributed by atoms with Gasteiger partial charge in [0.1, 0.15) is 17.4 Å². The Hall–Kier alpha value is -7.34. The molecule has 12 nitrogen and oxygen atoms in total. The van der Waals surface area contributed by atoms with Crippen molar-refractivity contribution in [3.05, 3.63) is 156 Å². The monoisotopic (exact) mass is 907 g/mol. The average Bonchev–Trinajstić information content (AvgIpc) is 3.55. The fourth-order valence-electron chi connectivity index (χ4n) is 8.02. The first-order valence-corrected chi connectivity index (χ1v) is 22.6. The zero-order valence-corrected chi connectivity index (χ0v) is 38.2. The SMILES string of the molecule is C=CC(=O)OCCCCCCOc1ccc2cc(C(=O)O[C@H]3C(=O)N(Cc4cc(C)cc(C)c4)C(=O)[C@@H]3C(=C)C(=O)c3ccc4cc(OCCCCCCOC(=O)C=C)ccc4c3)ccc2c1. The van der Waals surface area contributed by atoms with Gasteiger partial charge in [0, 0.05) is 23.3 Å². The lowest BCUT2D eigenvalue weighted by Gasteiger charge is -2.18. The molecule has 1 fully saturated rings. The minimum absolute atomic E-state index is 0.0760. The van der Waals surface area contributed by atoms with Gasteiger partial charge in [-0.15, -0.1) is 0 Å². The highest BCUT2D eigenvalue weighted by Gasteiger charge is 2.52. The first-order valence-electron chi connectivity index (χ1n) is 22.6. The second-order valence-corrected chi connectivity index (χ2v) is 16.6.